The first kappa shape index (κ1) is 15.6. The van der Waals surface area contributed by atoms with E-state index in [0.717, 1.165) is 11.1 Å². The maximum Gasteiger partial charge on any atom is 0.337 e. The van der Waals surface area contributed by atoms with Crippen LogP contribution in [0.3, 0.4) is 0 Å². The number of hydrogen-bond acceptors (Lipinski definition) is 3. The number of hydrogen-bond donors (Lipinski definition) is 2. The largest absolute Gasteiger partial charge is 0.465 e. The van der Waals surface area contributed by atoms with E-state index in [1.165, 1.54) is 7.11 Å². The fourth-order valence-corrected chi connectivity index (χ4v) is 1.90. The van der Waals surface area contributed by atoms with Gasteiger partial charge in [-0.1, -0.05) is 42.5 Å². The Labute approximate surface area is 129 Å². The number of rotatable bonds is 5. The average molecular weight is 298 g/mol. The van der Waals surface area contributed by atoms with Crippen molar-refractivity contribution in [1.82, 2.24) is 10.6 Å². The third-order valence-corrected chi connectivity index (χ3v) is 3.12. The molecule has 0 unspecified atom stereocenters. The van der Waals surface area contributed by atoms with Gasteiger partial charge in [0, 0.05) is 13.1 Å². The van der Waals surface area contributed by atoms with Crippen LogP contribution >= 0.6 is 0 Å². The van der Waals surface area contributed by atoms with Crippen molar-refractivity contribution < 1.29 is 14.3 Å². The van der Waals surface area contributed by atoms with E-state index in [2.05, 4.69) is 15.4 Å². The Morgan fingerprint density at radius 2 is 1.41 bits per heavy atom. The summed E-state index contributed by atoms with van der Waals surface area (Å²) in [7, 11) is 1.34. The van der Waals surface area contributed by atoms with Crippen LogP contribution < -0.4 is 10.6 Å². The topological polar surface area (TPSA) is 67.4 Å². The molecule has 2 aromatic rings. The second kappa shape index (κ2) is 7.83. The van der Waals surface area contributed by atoms with Gasteiger partial charge in [0.15, 0.2) is 0 Å². The second-order valence-corrected chi connectivity index (χ2v) is 4.71. The second-order valence-electron chi connectivity index (χ2n) is 4.71. The molecular weight excluding hydrogens is 280 g/mol. The van der Waals surface area contributed by atoms with Gasteiger partial charge in [-0.3, -0.25) is 0 Å². The van der Waals surface area contributed by atoms with Gasteiger partial charge in [-0.25, -0.2) is 9.59 Å². The first-order valence-corrected chi connectivity index (χ1v) is 6.92. The Morgan fingerprint density at radius 1 is 0.864 bits per heavy atom. The van der Waals surface area contributed by atoms with Gasteiger partial charge < -0.3 is 15.4 Å². The number of carbonyl (C=O) groups is 2. The summed E-state index contributed by atoms with van der Waals surface area (Å²) in [5.74, 6) is -0.375. The monoisotopic (exact) mass is 298 g/mol. The van der Waals surface area contributed by atoms with Crippen molar-refractivity contribution in [1.29, 1.82) is 0 Å². The predicted octanol–water partition coefficient (Wildman–Crippen LogP) is 2.47. The number of urea groups is 1. The SMILES string of the molecule is COC(=O)c1ccc(CNC(=O)NCc2ccccc2)cc1. The first-order chi connectivity index (χ1) is 10.7. The fourth-order valence-electron chi connectivity index (χ4n) is 1.90. The van der Waals surface area contributed by atoms with Crippen molar-refractivity contribution in [3.8, 4) is 0 Å². The molecule has 0 aromatic heterocycles. The highest BCUT2D eigenvalue weighted by atomic mass is 16.5. The molecule has 0 aliphatic heterocycles. The van der Waals surface area contributed by atoms with E-state index >= 15 is 0 Å². The molecule has 22 heavy (non-hydrogen) atoms. The molecule has 0 radical (unpaired) electrons. The highest BCUT2D eigenvalue weighted by molar-refractivity contribution is 5.89. The number of ether oxygens (including phenoxy) is 1. The number of nitrogens with one attached hydrogen (secondary N) is 2. The molecule has 0 atom stereocenters. The zero-order valence-corrected chi connectivity index (χ0v) is 12.3. The van der Waals surface area contributed by atoms with Crippen LogP contribution in [0.1, 0.15) is 21.5 Å². The van der Waals surface area contributed by atoms with Gasteiger partial charge in [0.25, 0.3) is 0 Å². The van der Waals surface area contributed by atoms with Gasteiger partial charge in [0.1, 0.15) is 0 Å². The third-order valence-electron chi connectivity index (χ3n) is 3.12. The van der Waals surface area contributed by atoms with E-state index in [1.807, 2.05) is 30.3 Å². The van der Waals surface area contributed by atoms with Gasteiger partial charge in [-0.2, -0.15) is 0 Å². The molecule has 2 amide bonds. The summed E-state index contributed by atoms with van der Waals surface area (Å²) in [6.45, 7) is 0.871. The van der Waals surface area contributed by atoms with Gasteiger partial charge in [-0.05, 0) is 23.3 Å². The molecular formula is C17H18N2O3. The maximum absolute atomic E-state index is 11.7. The van der Waals surface area contributed by atoms with E-state index in [9.17, 15) is 9.59 Å². The lowest BCUT2D eigenvalue weighted by Crippen LogP contribution is -2.34. The lowest BCUT2D eigenvalue weighted by molar-refractivity contribution is 0.0600. The zero-order chi connectivity index (χ0) is 15.8. The number of benzene rings is 2. The lowest BCUT2D eigenvalue weighted by atomic mass is 10.1. The van der Waals surface area contributed by atoms with Crippen LogP contribution in [0.25, 0.3) is 0 Å². The average Bonchev–Trinajstić information content (AvgIpc) is 2.58. The molecule has 0 saturated heterocycles. The van der Waals surface area contributed by atoms with Crippen molar-refractivity contribution in [2.75, 3.05) is 7.11 Å². The minimum atomic E-state index is -0.375. The highest BCUT2D eigenvalue weighted by Gasteiger charge is 2.05. The Kier molecular flexibility index (Phi) is 5.54. The number of amides is 2. The van der Waals surface area contributed by atoms with Crippen molar-refractivity contribution in [2.24, 2.45) is 0 Å². The van der Waals surface area contributed by atoms with Crippen LogP contribution in [0.4, 0.5) is 4.79 Å². The number of carbonyl (C=O) groups excluding carboxylic acids is 2. The molecule has 0 spiro atoms. The minimum Gasteiger partial charge on any atom is -0.465 e. The number of esters is 1. The van der Waals surface area contributed by atoms with E-state index in [0.29, 0.717) is 18.7 Å². The Morgan fingerprint density at radius 3 is 1.95 bits per heavy atom. The van der Waals surface area contributed by atoms with E-state index < -0.39 is 0 Å². The maximum atomic E-state index is 11.7. The van der Waals surface area contributed by atoms with E-state index in [4.69, 9.17) is 0 Å². The molecule has 0 aliphatic carbocycles. The molecule has 2 rings (SSSR count). The van der Waals surface area contributed by atoms with Crippen LogP contribution in [0, 0.1) is 0 Å². The van der Waals surface area contributed by atoms with Gasteiger partial charge in [0.05, 0.1) is 12.7 Å². The van der Waals surface area contributed by atoms with Gasteiger partial charge >= 0.3 is 12.0 Å². The lowest BCUT2D eigenvalue weighted by Gasteiger charge is -2.08. The van der Waals surface area contributed by atoms with Crippen LogP contribution in [0.15, 0.2) is 54.6 Å². The highest BCUT2D eigenvalue weighted by Crippen LogP contribution is 2.05. The summed E-state index contributed by atoms with van der Waals surface area (Å²) < 4.78 is 4.63. The van der Waals surface area contributed by atoms with Crippen molar-refractivity contribution in [3.05, 3.63) is 71.3 Å². The van der Waals surface area contributed by atoms with Crippen molar-refractivity contribution in [2.45, 2.75) is 13.1 Å². The molecule has 0 heterocycles. The van der Waals surface area contributed by atoms with Crippen LogP contribution in [0.5, 0.6) is 0 Å². The van der Waals surface area contributed by atoms with Crippen molar-refractivity contribution in [3.63, 3.8) is 0 Å². The van der Waals surface area contributed by atoms with Crippen LogP contribution in [-0.4, -0.2) is 19.1 Å². The summed E-state index contributed by atoms with van der Waals surface area (Å²) >= 11 is 0. The standard InChI is InChI=1S/C17H18N2O3/c1-22-16(20)15-9-7-14(8-10-15)12-19-17(21)18-11-13-5-3-2-4-6-13/h2-10H,11-12H2,1H3,(H2,18,19,21). The molecule has 5 nitrogen and oxygen atoms in total. The van der Waals surface area contributed by atoms with Crippen LogP contribution in [-0.2, 0) is 17.8 Å². The normalized spacial score (nSPS) is 9.86. The third kappa shape index (κ3) is 4.63. The predicted molar refractivity (Wildman–Crippen MR) is 83.3 cm³/mol. The Hall–Kier alpha value is -2.82. The Bertz CT molecular complexity index is 624. The van der Waals surface area contributed by atoms with E-state index in [1.54, 1.807) is 24.3 Å². The molecule has 2 N–H and O–H groups in total. The smallest absolute Gasteiger partial charge is 0.337 e. The molecule has 5 heteroatoms. The molecule has 0 saturated carbocycles. The number of methoxy groups -OCH3 is 1. The molecule has 0 fully saturated rings. The quantitative estimate of drug-likeness (QED) is 0.833. The Balaban J connectivity index is 1.77. The molecule has 0 aliphatic rings. The van der Waals surface area contributed by atoms with Gasteiger partial charge in [-0.15, -0.1) is 0 Å². The summed E-state index contributed by atoms with van der Waals surface area (Å²) in [6, 6.07) is 16.4. The van der Waals surface area contributed by atoms with Crippen LogP contribution in [0.2, 0.25) is 0 Å². The summed E-state index contributed by atoms with van der Waals surface area (Å²) in [6.07, 6.45) is 0. The summed E-state index contributed by atoms with van der Waals surface area (Å²) in [4.78, 5) is 23.0. The zero-order valence-electron chi connectivity index (χ0n) is 12.3. The fraction of sp³-hybridized carbons (Fsp3) is 0.176. The van der Waals surface area contributed by atoms with Crippen molar-refractivity contribution >= 4 is 12.0 Å². The molecule has 2 aromatic carbocycles. The summed E-state index contributed by atoms with van der Waals surface area (Å²) in [5, 5.41) is 5.55. The molecule has 0 bridgehead atoms. The first-order valence-electron chi connectivity index (χ1n) is 6.92. The van der Waals surface area contributed by atoms with E-state index in [-0.39, 0.29) is 12.0 Å². The minimum absolute atomic E-state index is 0.235. The summed E-state index contributed by atoms with van der Waals surface area (Å²) in [5.41, 5.74) is 2.43. The van der Waals surface area contributed by atoms with Gasteiger partial charge in [0.2, 0.25) is 0 Å². The molecule has 114 valence electrons.